The number of benzene rings is 1. The molecule has 17 heavy (non-hydrogen) atoms. The summed E-state index contributed by atoms with van der Waals surface area (Å²) in [6.07, 6.45) is 1.23. The first-order valence-corrected chi connectivity index (χ1v) is 5.74. The number of aromatic nitrogens is 1. The van der Waals surface area contributed by atoms with Gasteiger partial charge >= 0.3 is 5.76 Å². The molecule has 1 saturated carbocycles. The molecule has 2 aromatic rings. The van der Waals surface area contributed by atoms with Crippen LogP contribution in [0.5, 0.6) is 0 Å². The largest absolute Gasteiger partial charge is 0.420 e. The van der Waals surface area contributed by atoms with Gasteiger partial charge in [0.25, 0.3) is 0 Å². The fraction of sp³-hybridized carbons (Fsp3) is 0.417. The Bertz CT molecular complexity index is 610. The number of oxazole rings is 1. The van der Waals surface area contributed by atoms with Crippen LogP contribution in [0.25, 0.3) is 11.1 Å². The first-order valence-electron chi connectivity index (χ1n) is 5.74. The van der Waals surface area contributed by atoms with Crippen molar-refractivity contribution in [1.29, 1.82) is 0 Å². The van der Waals surface area contributed by atoms with Crippen LogP contribution in [0.3, 0.4) is 0 Å². The number of nitrogens with two attached hydrogens (primary N) is 1. The Kier molecular flexibility index (Phi) is 2.31. The maximum absolute atomic E-state index is 11.8. The van der Waals surface area contributed by atoms with Crippen molar-refractivity contribution in [1.82, 2.24) is 4.57 Å². The summed E-state index contributed by atoms with van der Waals surface area (Å²) in [4.78, 5) is 11.8. The molecule has 1 aromatic heterocycles. The maximum atomic E-state index is 11.8. The smallest absolute Gasteiger partial charge is 0.407 e. The highest BCUT2D eigenvalue weighted by Gasteiger charge is 2.29. The Hall–Kier alpha value is -1.59. The van der Waals surface area contributed by atoms with Gasteiger partial charge in [0.05, 0.1) is 11.6 Å². The van der Waals surface area contributed by atoms with Crippen molar-refractivity contribution in [2.75, 3.05) is 6.54 Å². The Morgan fingerprint density at radius 3 is 2.94 bits per heavy atom. The summed E-state index contributed by atoms with van der Waals surface area (Å²) in [5, 5.41) is 9.79. The van der Waals surface area contributed by atoms with Crippen LogP contribution in [0, 0.1) is 0 Å². The summed E-state index contributed by atoms with van der Waals surface area (Å²) in [6, 6.07) is 5.64. The number of para-hydroxylation sites is 1. The molecule has 5 heteroatoms. The van der Waals surface area contributed by atoms with E-state index in [-0.39, 0.29) is 18.3 Å². The highest BCUT2D eigenvalue weighted by Crippen LogP contribution is 2.37. The van der Waals surface area contributed by atoms with E-state index < -0.39 is 6.10 Å². The molecule has 1 aliphatic rings. The molecule has 0 spiro atoms. The molecular weight excluding hydrogens is 220 g/mol. The van der Waals surface area contributed by atoms with E-state index in [2.05, 4.69) is 0 Å². The third-order valence-electron chi connectivity index (χ3n) is 3.16. The minimum atomic E-state index is -0.795. The van der Waals surface area contributed by atoms with E-state index in [1.54, 1.807) is 10.6 Å². The molecule has 0 amide bonds. The molecule has 1 aromatic carbocycles. The van der Waals surface area contributed by atoms with Gasteiger partial charge in [-0.15, -0.1) is 0 Å². The van der Waals surface area contributed by atoms with Crippen molar-refractivity contribution < 1.29 is 9.52 Å². The summed E-state index contributed by atoms with van der Waals surface area (Å²) < 4.78 is 6.92. The second-order valence-electron chi connectivity index (χ2n) is 4.42. The molecule has 1 fully saturated rings. The van der Waals surface area contributed by atoms with Crippen LogP contribution in [0.4, 0.5) is 0 Å². The molecule has 0 saturated heterocycles. The zero-order chi connectivity index (χ0) is 12.0. The van der Waals surface area contributed by atoms with Crippen molar-refractivity contribution in [2.45, 2.75) is 25.0 Å². The molecule has 1 aliphatic carbocycles. The second kappa shape index (κ2) is 3.72. The Labute approximate surface area is 97.5 Å². The number of hydrogen-bond acceptors (Lipinski definition) is 4. The number of rotatable bonds is 3. The van der Waals surface area contributed by atoms with Crippen molar-refractivity contribution in [2.24, 2.45) is 5.73 Å². The molecule has 0 bridgehead atoms. The zero-order valence-electron chi connectivity index (χ0n) is 9.30. The van der Waals surface area contributed by atoms with Gasteiger partial charge in [-0.2, -0.15) is 0 Å². The topological polar surface area (TPSA) is 81.4 Å². The van der Waals surface area contributed by atoms with E-state index in [9.17, 15) is 9.90 Å². The fourth-order valence-electron chi connectivity index (χ4n) is 2.15. The van der Waals surface area contributed by atoms with E-state index >= 15 is 0 Å². The van der Waals surface area contributed by atoms with Crippen LogP contribution in [0.1, 0.15) is 30.6 Å². The Balaban J connectivity index is 2.26. The Morgan fingerprint density at radius 2 is 2.29 bits per heavy atom. The number of aliphatic hydroxyl groups is 1. The molecular formula is C12H14N2O3. The van der Waals surface area contributed by atoms with Crippen molar-refractivity contribution in [3.8, 4) is 0 Å². The van der Waals surface area contributed by atoms with Crippen LogP contribution in [-0.2, 0) is 0 Å². The van der Waals surface area contributed by atoms with Crippen LogP contribution < -0.4 is 11.5 Å². The van der Waals surface area contributed by atoms with Gasteiger partial charge in [0.15, 0.2) is 5.58 Å². The summed E-state index contributed by atoms with van der Waals surface area (Å²) in [5.74, 6) is -0.348. The highest BCUT2D eigenvalue weighted by atomic mass is 16.4. The predicted octanol–water partition coefficient (Wildman–Crippen LogP) is 0.921. The monoisotopic (exact) mass is 234 g/mol. The third kappa shape index (κ3) is 1.59. The van der Waals surface area contributed by atoms with Crippen molar-refractivity contribution in [3.63, 3.8) is 0 Å². The highest BCUT2D eigenvalue weighted by molar-refractivity contribution is 5.77. The summed E-state index contributed by atoms with van der Waals surface area (Å²) in [7, 11) is 0. The second-order valence-corrected chi connectivity index (χ2v) is 4.42. The Morgan fingerprint density at radius 1 is 1.53 bits per heavy atom. The molecule has 3 N–H and O–H groups in total. The fourth-order valence-corrected chi connectivity index (χ4v) is 2.15. The maximum Gasteiger partial charge on any atom is 0.420 e. The average Bonchev–Trinajstić information content (AvgIpc) is 3.10. The average molecular weight is 234 g/mol. The van der Waals surface area contributed by atoms with E-state index in [0.717, 1.165) is 18.4 Å². The van der Waals surface area contributed by atoms with Crippen LogP contribution in [0.15, 0.2) is 27.4 Å². The van der Waals surface area contributed by atoms with Gasteiger partial charge in [0, 0.05) is 18.2 Å². The van der Waals surface area contributed by atoms with Gasteiger partial charge in [-0.25, -0.2) is 4.79 Å². The van der Waals surface area contributed by atoms with Crippen molar-refractivity contribution in [3.05, 3.63) is 34.3 Å². The summed E-state index contributed by atoms with van der Waals surface area (Å²) >= 11 is 0. The van der Waals surface area contributed by atoms with Crippen molar-refractivity contribution >= 4 is 11.1 Å². The molecule has 1 heterocycles. The lowest BCUT2D eigenvalue weighted by Gasteiger charge is -2.07. The SMILES string of the molecule is NCC(O)c1cccc2c1oc(=O)n2C1CC1. The number of nitrogens with zero attached hydrogens (tertiary/aromatic N) is 1. The first-order chi connectivity index (χ1) is 8.22. The first kappa shape index (κ1) is 10.6. The lowest BCUT2D eigenvalue weighted by atomic mass is 10.1. The molecule has 0 aliphatic heterocycles. The third-order valence-corrected chi connectivity index (χ3v) is 3.16. The standard InChI is InChI=1S/C12H14N2O3/c13-6-10(15)8-2-1-3-9-11(8)17-12(16)14(9)7-4-5-7/h1-3,7,10,15H,4-6,13H2. The van der Waals surface area contributed by atoms with E-state index in [1.165, 1.54) is 0 Å². The number of aliphatic hydroxyl groups excluding tert-OH is 1. The van der Waals surface area contributed by atoms with E-state index in [4.69, 9.17) is 10.2 Å². The number of hydrogen-bond donors (Lipinski definition) is 2. The van der Waals surface area contributed by atoms with Crippen LogP contribution >= 0.6 is 0 Å². The number of fused-ring (bicyclic) bond motifs is 1. The van der Waals surface area contributed by atoms with Gasteiger partial charge in [0.2, 0.25) is 0 Å². The summed E-state index contributed by atoms with van der Waals surface area (Å²) in [5.41, 5.74) is 7.23. The molecule has 1 atom stereocenters. The molecule has 3 rings (SSSR count). The van der Waals surface area contributed by atoms with E-state index in [0.29, 0.717) is 11.1 Å². The van der Waals surface area contributed by atoms with Gasteiger partial charge in [-0.1, -0.05) is 12.1 Å². The molecule has 0 radical (unpaired) electrons. The quantitative estimate of drug-likeness (QED) is 0.827. The van der Waals surface area contributed by atoms with Gasteiger partial charge < -0.3 is 15.3 Å². The van der Waals surface area contributed by atoms with E-state index in [1.807, 2.05) is 12.1 Å². The zero-order valence-corrected chi connectivity index (χ0v) is 9.30. The molecule has 1 unspecified atom stereocenters. The lowest BCUT2D eigenvalue weighted by Crippen LogP contribution is -2.12. The normalized spacial score (nSPS) is 17.5. The van der Waals surface area contributed by atoms with Gasteiger partial charge in [-0.05, 0) is 18.9 Å². The van der Waals surface area contributed by atoms with Crippen LogP contribution in [0.2, 0.25) is 0 Å². The van der Waals surface area contributed by atoms with Gasteiger partial charge in [-0.3, -0.25) is 4.57 Å². The minimum Gasteiger partial charge on any atom is -0.407 e. The lowest BCUT2D eigenvalue weighted by molar-refractivity contribution is 0.187. The molecule has 90 valence electrons. The molecule has 5 nitrogen and oxygen atoms in total. The van der Waals surface area contributed by atoms with Gasteiger partial charge in [0.1, 0.15) is 0 Å². The predicted molar refractivity (Wildman–Crippen MR) is 62.8 cm³/mol. The van der Waals surface area contributed by atoms with Crippen LogP contribution in [-0.4, -0.2) is 16.2 Å². The minimum absolute atomic E-state index is 0.109. The summed E-state index contributed by atoms with van der Waals surface area (Å²) in [6.45, 7) is 0.109.